The van der Waals surface area contributed by atoms with Crippen LogP contribution in [0.15, 0.2) is 24.3 Å². The summed E-state index contributed by atoms with van der Waals surface area (Å²) >= 11 is 0. The summed E-state index contributed by atoms with van der Waals surface area (Å²) < 4.78 is 6.31. The van der Waals surface area contributed by atoms with Crippen molar-refractivity contribution in [2.45, 2.75) is 13.8 Å². The van der Waals surface area contributed by atoms with Crippen LogP contribution in [0, 0.1) is 18.3 Å². The number of aryl methyl sites for hydroxylation is 1. The fourth-order valence-corrected chi connectivity index (χ4v) is 2.06. The van der Waals surface area contributed by atoms with Crippen molar-refractivity contribution < 1.29 is 14.4 Å². The minimum Gasteiger partial charge on any atom is -0.461 e. The number of carbonyl (C=O) groups excluding carboxylic acids is 1. The fraction of sp³-hybridized carbons (Fsp3) is 0.267. The molecule has 1 heterocycles. The van der Waals surface area contributed by atoms with E-state index in [2.05, 4.69) is 11.1 Å². The minimum absolute atomic E-state index is 0.224. The van der Waals surface area contributed by atoms with Gasteiger partial charge >= 0.3 is 5.97 Å². The van der Waals surface area contributed by atoms with Crippen LogP contribution in [0.1, 0.15) is 28.7 Å². The number of nitriles is 1. The van der Waals surface area contributed by atoms with Gasteiger partial charge in [-0.3, -0.25) is 0 Å². The average Bonchev–Trinajstić information content (AvgIpc) is 2.83. The highest BCUT2D eigenvalue weighted by Crippen LogP contribution is 2.25. The lowest BCUT2D eigenvalue weighted by Crippen LogP contribution is -2.18. The Hall–Kier alpha value is -2.81. The number of imidazole rings is 1. The molecular formula is C15H15N3O3. The molecule has 1 aromatic heterocycles. The summed E-state index contributed by atoms with van der Waals surface area (Å²) in [7, 11) is 1.43. The van der Waals surface area contributed by atoms with Crippen molar-refractivity contribution >= 4 is 5.97 Å². The van der Waals surface area contributed by atoms with Crippen LogP contribution in [0.2, 0.25) is 0 Å². The van der Waals surface area contributed by atoms with Crippen LogP contribution in [-0.4, -0.2) is 29.4 Å². The first-order valence-electron chi connectivity index (χ1n) is 6.44. The van der Waals surface area contributed by atoms with Crippen LogP contribution in [-0.2, 0) is 4.74 Å². The Balaban J connectivity index is 2.64. The highest BCUT2D eigenvalue weighted by atomic mass is 16.7. The van der Waals surface area contributed by atoms with Crippen LogP contribution < -0.4 is 4.84 Å². The van der Waals surface area contributed by atoms with E-state index in [1.165, 1.54) is 11.8 Å². The number of ether oxygens (including phenoxy) is 1. The van der Waals surface area contributed by atoms with Crippen LogP contribution in [0.4, 0.5) is 0 Å². The summed E-state index contributed by atoms with van der Waals surface area (Å²) in [5.74, 6) is -0.111. The molecule has 2 aromatic rings. The normalized spacial score (nSPS) is 10.0. The van der Waals surface area contributed by atoms with Gasteiger partial charge < -0.3 is 9.57 Å². The maximum atomic E-state index is 12.0. The van der Waals surface area contributed by atoms with Crippen molar-refractivity contribution in [2.24, 2.45) is 0 Å². The molecule has 2 rings (SSSR count). The summed E-state index contributed by atoms with van der Waals surface area (Å²) in [6, 6.07) is 9.10. The molecule has 0 spiro atoms. The first-order chi connectivity index (χ1) is 10.1. The lowest BCUT2D eigenvalue weighted by molar-refractivity contribution is 0.0473. The van der Waals surface area contributed by atoms with Crippen molar-refractivity contribution in [3.05, 3.63) is 41.2 Å². The maximum absolute atomic E-state index is 12.0. The molecule has 0 amide bonds. The molecule has 1 aromatic carbocycles. The van der Waals surface area contributed by atoms with E-state index in [-0.39, 0.29) is 12.3 Å². The van der Waals surface area contributed by atoms with Crippen molar-refractivity contribution in [2.75, 3.05) is 13.7 Å². The zero-order valence-corrected chi connectivity index (χ0v) is 12.1. The predicted octanol–water partition coefficient (Wildman–Crippen LogP) is 1.97. The van der Waals surface area contributed by atoms with Gasteiger partial charge in [0.2, 0.25) is 0 Å². The SMILES string of the molecule is CCOC(=O)c1c(C)nc(-c2ccccc2C#N)n1OC. The van der Waals surface area contributed by atoms with E-state index in [1.807, 2.05) is 0 Å². The molecule has 0 aliphatic carbocycles. The number of nitrogens with zero attached hydrogens (tertiary/aromatic N) is 3. The number of esters is 1. The quantitative estimate of drug-likeness (QED) is 0.802. The Morgan fingerprint density at radius 3 is 2.76 bits per heavy atom. The van der Waals surface area contributed by atoms with Gasteiger partial charge in [-0.05, 0) is 26.0 Å². The molecule has 6 heteroatoms. The van der Waals surface area contributed by atoms with Gasteiger partial charge in [0.15, 0.2) is 11.5 Å². The number of carbonyl (C=O) groups is 1. The van der Waals surface area contributed by atoms with E-state index in [1.54, 1.807) is 38.1 Å². The molecule has 0 bridgehead atoms. The highest BCUT2D eigenvalue weighted by molar-refractivity contribution is 5.90. The lowest BCUT2D eigenvalue weighted by Gasteiger charge is -2.10. The third-order valence-electron chi connectivity index (χ3n) is 2.95. The van der Waals surface area contributed by atoms with E-state index in [4.69, 9.17) is 9.57 Å². The van der Waals surface area contributed by atoms with Gasteiger partial charge in [-0.1, -0.05) is 12.1 Å². The van der Waals surface area contributed by atoms with Crippen LogP contribution >= 0.6 is 0 Å². The third kappa shape index (κ3) is 2.58. The van der Waals surface area contributed by atoms with Gasteiger partial charge in [0.05, 0.1) is 23.9 Å². The molecule has 0 fully saturated rings. The monoisotopic (exact) mass is 285 g/mol. The smallest absolute Gasteiger partial charge is 0.360 e. The van der Waals surface area contributed by atoms with E-state index >= 15 is 0 Å². The summed E-state index contributed by atoms with van der Waals surface area (Å²) in [5, 5.41) is 9.19. The zero-order valence-electron chi connectivity index (χ0n) is 12.1. The number of hydrogen-bond donors (Lipinski definition) is 0. The molecular weight excluding hydrogens is 270 g/mol. The third-order valence-corrected chi connectivity index (χ3v) is 2.95. The molecule has 0 atom stereocenters. The fourth-order valence-electron chi connectivity index (χ4n) is 2.06. The molecule has 0 N–H and O–H groups in total. The standard InChI is InChI=1S/C15H15N3O3/c1-4-21-15(19)13-10(2)17-14(18(13)20-3)12-8-6-5-7-11(12)9-16/h5-8H,4H2,1-3H3. The van der Waals surface area contributed by atoms with Crippen molar-refractivity contribution in [3.8, 4) is 17.5 Å². The van der Waals surface area contributed by atoms with Gasteiger partial charge in [0.1, 0.15) is 7.11 Å². The van der Waals surface area contributed by atoms with E-state index in [0.29, 0.717) is 22.6 Å². The largest absolute Gasteiger partial charge is 0.461 e. The van der Waals surface area contributed by atoms with Gasteiger partial charge in [-0.25, -0.2) is 9.78 Å². The molecule has 21 heavy (non-hydrogen) atoms. The van der Waals surface area contributed by atoms with Gasteiger partial charge in [-0.2, -0.15) is 9.99 Å². The van der Waals surface area contributed by atoms with E-state index < -0.39 is 5.97 Å². The maximum Gasteiger partial charge on any atom is 0.360 e. The Kier molecular flexibility index (Phi) is 4.24. The first-order valence-corrected chi connectivity index (χ1v) is 6.44. The number of hydrogen-bond acceptors (Lipinski definition) is 5. The Labute approximate surface area is 122 Å². The molecule has 0 saturated heterocycles. The van der Waals surface area contributed by atoms with E-state index in [9.17, 15) is 10.1 Å². The van der Waals surface area contributed by atoms with Crippen molar-refractivity contribution in [1.82, 2.24) is 9.71 Å². The molecule has 0 saturated carbocycles. The topological polar surface area (TPSA) is 77.1 Å². The number of aromatic nitrogens is 2. The summed E-state index contributed by atoms with van der Waals surface area (Å²) in [4.78, 5) is 21.6. The zero-order chi connectivity index (χ0) is 15.4. The Morgan fingerprint density at radius 2 is 2.14 bits per heavy atom. The van der Waals surface area contributed by atoms with Crippen molar-refractivity contribution in [3.63, 3.8) is 0 Å². The Bertz CT molecular complexity index is 713. The molecule has 0 radical (unpaired) electrons. The second kappa shape index (κ2) is 6.09. The summed E-state index contributed by atoms with van der Waals surface area (Å²) in [6.45, 7) is 3.68. The van der Waals surface area contributed by atoms with Gasteiger partial charge in [0.25, 0.3) is 0 Å². The molecule has 0 unspecified atom stereocenters. The van der Waals surface area contributed by atoms with Crippen molar-refractivity contribution in [1.29, 1.82) is 5.26 Å². The average molecular weight is 285 g/mol. The number of benzene rings is 1. The van der Waals surface area contributed by atoms with Gasteiger partial charge in [0, 0.05) is 5.56 Å². The van der Waals surface area contributed by atoms with E-state index in [0.717, 1.165) is 0 Å². The second-order valence-electron chi connectivity index (χ2n) is 4.22. The highest BCUT2D eigenvalue weighted by Gasteiger charge is 2.24. The molecule has 108 valence electrons. The van der Waals surface area contributed by atoms with Crippen LogP contribution in [0.5, 0.6) is 0 Å². The second-order valence-corrected chi connectivity index (χ2v) is 4.22. The molecule has 6 nitrogen and oxygen atoms in total. The first kappa shape index (κ1) is 14.6. The number of rotatable bonds is 4. The lowest BCUT2D eigenvalue weighted by atomic mass is 10.1. The summed E-state index contributed by atoms with van der Waals surface area (Å²) in [5.41, 5.74) is 1.76. The predicted molar refractivity (Wildman–Crippen MR) is 75.6 cm³/mol. The van der Waals surface area contributed by atoms with Gasteiger partial charge in [-0.15, -0.1) is 0 Å². The Morgan fingerprint density at radius 1 is 1.43 bits per heavy atom. The van der Waals surface area contributed by atoms with Crippen LogP contribution in [0.3, 0.4) is 0 Å². The molecule has 0 aliphatic heterocycles. The minimum atomic E-state index is -0.509. The summed E-state index contributed by atoms with van der Waals surface area (Å²) in [6.07, 6.45) is 0. The van der Waals surface area contributed by atoms with Crippen LogP contribution in [0.25, 0.3) is 11.4 Å². The molecule has 0 aliphatic rings.